The SMILES string of the molecule is COc1cc2nc(C(F)(F)F)nc(NCc3ccc(S(N)(=O)=O)cc3)c2cc1OC. The Kier molecular flexibility index (Phi) is 5.72. The minimum atomic E-state index is -4.76. The van der Waals surface area contributed by atoms with Crippen LogP contribution >= 0.6 is 0 Å². The van der Waals surface area contributed by atoms with E-state index in [1.54, 1.807) is 0 Å². The van der Waals surface area contributed by atoms with E-state index in [0.29, 0.717) is 16.7 Å². The van der Waals surface area contributed by atoms with E-state index in [4.69, 9.17) is 14.6 Å². The number of sulfonamides is 1. The number of rotatable bonds is 6. The van der Waals surface area contributed by atoms with Crippen LogP contribution in [0, 0.1) is 0 Å². The van der Waals surface area contributed by atoms with E-state index in [9.17, 15) is 21.6 Å². The molecule has 3 aromatic rings. The number of alkyl halides is 3. The summed E-state index contributed by atoms with van der Waals surface area (Å²) in [6.45, 7) is 0.0721. The largest absolute Gasteiger partial charge is 0.493 e. The van der Waals surface area contributed by atoms with Crippen LogP contribution in [0.5, 0.6) is 11.5 Å². The van der Waals surface area contributed by atoms with Crippen LogP contribution in [0.15, 0.2) is 41.3 Å². The van der Waals surface area contributed by atoms with Gasteiger partial charge in [-0.25, -0.2) is 23.5 Å². The topological polar surface area (TPSA) is 116 Å². The summed E-state index contributed by atoms with van der Waals surface area (Å²) in [5, 5.41) is 8.18. The Morgan fingerprint density at radius 1 is 1.03 bits per heavy atom. The fraction of sp³-hybridized carbons (Fsp3) is 0.222. The number of anilines is 1. The average molecular weight is 442 g/mol. The van der Waals surface area contributed by atoms with Gasteiger partial charge in [0.15, 0.2) is 11.5 Å². The van der Waals surface area contributed by atoms with Crippen molar-refractivity contribution in [2.45, 2.75) is 17.6 Å². The number of methoxy groups -OCH3 is 2. The molecule has 30 heavy (non-hydrogen) atoms. The maximum absolute atomic E-state index is 13.3. The van der Waals surface area contributed by atoms with Crippen molar-refractivity contribution >= 4 is 26.7 Å². The molecule has 0 saturated carbocycles. The van der Waals surface area contributed by atoms with Gasteiger partial charge in [0.25, 0.3) is 0 Å². The Hall–Kier alpha value is -3.12. The number of benzene rings is 2. The molecule has 0 atom stereocenters. The second-order valence-corrected chi connectivity index (χ2v) is 7.72. The van der Waals surface area contributed by atoms with E-state index in [0.717, 1.165) is 0 Å². The minimum absolute atomic E-state index is 0.0158. The molecule has 3 rings (SSSR count). The number of fused-ring (bicyclic) bond motifs is 1. The summed E-state index contributed by atoms with van der Waals surface area (Å²) in [4.78, 5) is 7.13. The second-order valence-electron chi connectivity index (χ2n) is 6.16. The van der Waals surface area contributed by atoms with Crippen molar-refractivity contribution in [3.63, 3.8) is 0 Å². The summed E-state index contributed by atoms with van der Waals surface area (Å²) in [7, 11) is -1.08. The third-order valence-corrected chi connectivity index (χ3v) is 5.10. The van der Waals surface area contributed by atoms with E-state index < -0.39 is 22.0 Å². The number of primary sulfonamides is 1. The van der Waals surface area contributed by atoms with Gasteiger partial charge in [-0.3, -0.25) is 0 Å². The van der Waals surface area contributed by atoms with Crippen molar-refractivity contribution in [1.82, 2.24) is 9.97 Å². The molecule has 0 fully saturated rings. The summed E-state index contributed by atoms with van der Waals surface area (Å²) in [6, 6.07) is 8.39. The van der Waals surface area contributed by atoms with Crippen LogP contribution in [0.2, 0.25) is 0 Å². The number of halogens is 3. The molecule has 1 aromatic heterocycles. The highest BCUT2D eigenvalue weighted by atomic mass is 32.2. The normalized spacial score (nSPS) is 12.1. The van der Waals surface area contributed by atoms with Crippen LogP contribution in [0.25, 0.3) is 10.9 Å². The number of hydrogen-bond acceptors (Lipinski definition) is 7. The van der Waals surface area contributed by atoms with Gasteiger partial charge in [0, 0.05) is 18.0 Å². The van der Waals surface area contributed by atoms with E-state index in [1.807, 2.05) is 0 Å². The van der Waals surface area contributed by atoms with Gasteiger partial charge in [0.05, 0.1) is 24.6 Å². The van der Waals surface area contributed by atoms with Crippen molar-refractivity contribution in [2.75, 3.05) is 19.5 Å². The number of hydrogen-bond donors (Lipinski definition) is 2. The van der Waals surface area contributed by atoms with Crippen LogP contribution in [0.3, 0.4) is 0 Å². The lowest BCUT2D eigenvalue weighted by molar-refractivity contribution is -0.144. The maximum Gasteiger partial charge on any atom is 0.451 e. The highest BCUT2D eigenvalue weighted by Crippen LogP contribution is 2.36. The molecule has 0 saturated heterocycles. The van der Waals surface area contributed by atoms with Crippen molar-refractivity contribution in [1.29, 1.82) is 0 Å². The van der Waals surface area contributed by atoms with Crippen LogP contribution in [0.4, 0.5) is 19.0 Å². The Balaban J connectivity index is 2.02. The molecule has 1 heterocycles. The molecule has 0 aliphatic carbocycles. The van der Waals surface area contributed by atoms with Gasteiger partial charge in [0.1, 0.15) is 5.82 Å². The molecule has 3 N–H and O–H groups in total. The van der Waals surface area contributed by atoms with Gasteiger partial charge in [-0.15, -0.1) is 0 Å². The number of nitrogens with zero attached hydrogens (tertiary/aromatic N) is 2. The second kappa shape index (κ2) is 7.95. The number of nitrogens with two attached hydrogens (primary N) is 1. The monoisotopic (exact) mass is 442 g/mol. The Labute approximate surface area is 169 Å². The highest BCUT2D eigenvalue weighted by Gasteiger charge is 2.35. The maximum atomic E-state index is 13.3. The standard InChI is InChI=1S/C18H17F3N4O4S/c1-28-14-7-12-13(8-15(14)29-2)24-17(18(19,20)21)25-16(12)23-9-10-3-5-11(6-4-10)30(22,26)27/h3-8H,9H2,1-2H3,(H2,22,26,27)(H,23,24,25). The average Bonchev–Trinajstić information content (AvgIpc) is 2.69. The van der Waals surface area contributed by atoms with E-state index in [-0.39, 0.29) is 28.5 Å². The van der Waals surface area contributed by atoms with E-state index in [1.165, 1.54) is 50.6 Å². The molecule has 12 heteroatoms. The van der Waals surface area contributed by atoms with Crippen LogP contribution in [-0.4, -0.2) is 32.6 Å². The van der Waals surface area contributed by atoms with Crippen LogP contribution in [-0.2, 0) is 22.7 Å². The quantitative estimate of drug-likeness (QED) is 0.603. The van der Waals surface area contributed by atoms with Crippen molar-refractivity contribution < 1.29 is 31.1 Å². The molecule has 0 radical (unpaired) electrons. The molecule has 0 aliphatic heterocycles. The minimum Gasteiger partial charge on any atom is -0.493 e. The molecule has 0 spiro atoms. The Morgan fingerprint density at radius 2 is 1.63 bits per heavy atom. The highest BCUT2D eigenvalue weighted by molar-refractivity contribution is 7.89. The first-order chi connectivity index (χ1) is 14.0. The Morgan fingerprint density at radius 3 is 2.17 bits per heavy atom. The molecule has 0 bridgehead atoms. The first kappa shape index (κ1) is 21.6. The fourth-order valence-electron chi connectivity index (χ4n) is 2.70. The smallest absolute Gasteiger partial charge is 0.451 e. The van der Waals surface area contributed by atoms with Gasteiger partial charge < -0.3 is 14.8 Å². The molecule has 0 aliphatic rings. The molecule has 2 aromatic carbocycles. The zero-order valence-corrected chi connectivity index (χ0v) is 16.6. The number of nitrogens with one attached hydrogen (secondary N) is 1. The summed E-state index contributed by atoms with van der Waals surface area (Å²) >= 11 is 0. The zero-order valence-electron chi connectivity index (χ0n) is 15.8. The first-order valence-corrected chi connectivity index (χ1v) is 9.94. The summed E-state index contributed by atoms with van der Waals surface area (Å²) < 4.78 is 72.8. The molecule has 160 valence electrons. The van der Waals surface area contributed by atoms with Crippen molar-refractivity contribution in [2.24, 2.45) is 5.14 Å². The number of ether oxygens (including phenoxy) is 2. The summed E-state index contributed by atoms with van der Waals surface area (Å²) in [5.74, 6) is -0.853. The van der Waals surface area contributed by atoms with Crippen molar-refractivity contribution in [3.8, 4) is 11.5 Å². The number of aromatic nitrogens is 2. The summed E-state index contributed by atoms with van der Waals surface area (Å²) in [5.41, 5.74) is 0.616. The predicted octanol–water partition coefficient (Wildman–Crippen LogP) is 2.93. The lowest BCUT2D eigenvalue weighted by Crippen LogP contribution is -2.14. The lowest BCUT2D eigenvalue weighted by atomic mass is 10.2. The summed E-state index contributed by atoms with van der Waals surface area (Å²) in [6.07, 6.45) is -4.76. The molecule has 0 amide bonds. The van der Waals surface area contributed by atoms with E-state index in [2.05, 4.69) is 15.3 Å². The van der Waals surface area contributed by atoms with Crippen LogP contribution in [0.1, 0.15) is 11.4 Å². The molecular formula is C18H17F3N4O4S. The predicted molar refractivity (Wildman–Crippen MR) is 103 cm³/mol. The molecular weight excluding hydrogens is 425 g/mol. The van der Waals surface area contributed by atoms with Gasteiger partial charge in [-0.1, -0.05) is 12.1 Å². The van der Waals surface area contributed by atoms with Gasteiger partial charge in [0.2, 0.25) is 15.8 Å². The first-order valence-electron chi connectivity index (χ1n) is 8.39. The zero-order chi connectivity index (χ0) is 22.1. The Bertz CT molecular complexity index is 1180. The third kappa shape index (κ3) is 4.54. The fourth-order valence-corrected chi connectivity index (χ4v) is 3.22. The molecule has 8 nitrogen and oxygen atoms in total. The van der Waals surface area contributed by atoms with Crippen molar-refractivity contribution in [3.05, 3.63) is 47.8 Å². The van der Waals surface area contributed by atoms with Gasteiger partial charge in [-0.2, -0.15) is 13.2 Å². The third-order valence-electron chi connectivity index (χ3n) is 4.17. The van der Waals surface area contributed by atoms with Crippen LogP contribution < -0.4 is 19.9 Å². The van der Waals surface area contributed by atoms with E-state index >= 15 is 0 Å². The lowest BCUT2D eigenvalue weighted by Gasteiger charge is -2.15. The van der Waals surface area contributed by atoms with Gasteiger partial charge >= 0.3 is 6.18 Å². The molecule has 0 unspecified atom stereocenters. The van der Waals surface area contributed by atoms with Gasteiger partial charge in [-0.05, 0) is 23.8 Å².